The zero-order valence-electron chi connectivity index (χ0n) is 16.8. The summed E-state index contributed by atoms with van der Waals surface area (Å²) in [6, 6.07) is 11.4. The third-order valence-electron chi connectivity index (χ3n) is 4.43. The average Bonchev–Trinajstić information content (AvgIpc) is 3.22. The first kappa shape index (κ1) is 21.9. The quantitative estimate of drug-likeness (QED) is 0.505. The van der Waals surface area contributed by atoms with E-state index in [1.54, 1.807) is 14.2 Å². The normalized spacial score (nSPS) is 11.3. The molecule has 0 saturated carbocycles. The largest absolute Gasteiger partial charge is 0.493 e. The van der Waals surface area contributed by atoms with Crippen molar-refractivity contribution < 1.29 is 22.7 Å². The Hall–Kier alpha value is -2.75. The molecule has 0 amide bonds. The van der Waals surface area contributed by atoms with Crippen LogP contribution in [0.15, 0.2) is 52.7 Å². The molecule has 30 heavy (non-hydrogen) atoms. The average molecular weight is 447 g/mol. The smallest absolute Gasteiger partial charge is 0.240 e. The molecule has 7 nitrogen and oxygen atoms in total. The van der Waals surface area contributed by atoms with E-state index in [2.05, 4.69) is 9.71 Å². The van der Waals surface area contributed by atoms with Gasteiger partial charge in [-0.25, -0.2) is 18.1 Å². The Balaban J connectivity index is 1.63. The summed E-state index contributed by atoms with van der Waals surface area (Å²) in [5, 5.41) is 2.72. The Bertz CT molecular complexity index is 1140. The molecule has 1 N–H and O–H groups in total. The first-order valence-corrected chi connectivity index (χ1v) is 11.5. The monoisotopic (exact) mass is 446 g/mol. The van der Waals surface area contributed by atoms with Gasteiger partial charge in [-0.1, -0.05) is 12.1 Å². The van der Waals surface area contributed by atoms with Crippen molar-refractivity contribution in [1.29, 1.82) is 0 Å². The second-order valence-corrected chi connectivity index (χ2v) is 9.07. The van der Waals surface area contributed by atoms with E-state index >= 15 is 0 Å². The lowest BCUT2D eigenvalue weighted by Gasteiger charge is -2.08. The van der Waals surface area contributed by atoms with E-state index in [1.807, 2.05) is 23.6 Å². The number of carbonyl (C=O) groups is 1. The van der Waals surface area contributed by atoms with E-state index in [4.69, 9.17) is 9.47 Å². The summed E-state index contributed by atoms with van der Waals surface area (Å²) in [5.74, 6) is 1.15. The van der Waals surface area contributed by atoms with E-state index in [0.717, 1.165) is 16.3 Å². The van der Waals surface area contributed by atoms with Crippen LogP contribution in [0.5, 0.6) is 11.5 Å². The molecule has 0 unspecified atom stereocenters. The molecule has 158 valence electrons. The lowest BCUT2D eigenvalue weighted by Crippen LogP contribution is -2.26. The van der Waals surface area contributed by atoms with E-state index in [0.29, 0.717) is 23.5 Å². The van der Waals surface area contributed by atoms with Crippen LogP contribution >= 0.6 is 11.3 Å². The van der Waals surface area contributed by atoms with Gasteiger partial charge in [0.25, 0.3) is 0 Å². The Kier molecular flexibility index (Phi) is 6.86. The van der Waals surface area contributed by atoms with E-state index < -0.39 is 10.0 Å². The number of ether oxygens (including phenoxy) is 2. The maximum Gasteiger partial charge on any atom is 0.240 e. The number of hydrogen-bond donors (Lipinski definition) is 1. The lowest BCUT2D eigenvalue weighted by atomic mass is 10.2. The molecular weight excluding hydrogens is 424 g/mol. The third kappa shape index (κ3) is 5.05. The van der Waals surface area contributed by atoms with E-state index in [-0.39, 0.29) is 17.2 Å². The molecule has 2 aromatic carbocycles. The van der Waals surface area contributed by atoms with Gasteiger partial charge in [-0.15, -0.1) is 11.3 Å². The van der Waals surface area contributed by atoms with Crippen LogP contribution in [-0.4, -0.2) is 39.9 Å². The first-order chi connectivity index (χ1) is 14.3. The molecule has 1 aromatic heterocycles. The highest BCUT2D eigenvalue weighted by Gasteiger charge is 2.15. The number of ketones is 1. The van der Waals surface area contributed by atoms with Crippen molar-refractivity contribution in [3.63, 3.8) is 0 Å². The molecule has 3 aromatic rings. The number of carbonyl (C=O) groups excluding carboxylic acids is 1. The number of sulfonamides is 1. The summed E-state index contributed by atoms with van der Waals surface area (Å²) >= 11 is 1.48. The molecule has 0 aliphatic heterocycles. The highest BCUT2D eigenvalue weighted by atomic mass is 32.2. The van der Waals surface area contributed by atoms with Crippen LogP contribution in [-0.2, 0) is 16.4 Å². The molecule has 1 heterocycles. The van der Waals surface area contributed by atoms with Crippen LogP contribution in [0.4, 0.5) is 0 Å². The van der Waals surface area contributed by atoms with Crippen molar-refractivity contribution in [2.24, 2.45) is 0 Å². The number of thiazole rings is 1. The second kappa shape index (κ2) is 9.38. The van der Waals surface area contributed by atoms with Gasteiger partial charge in [-0.2, -0.15) is 0 Å². The fraction of sp³-hybridized carbons (Fsp3) is 0.238. The number of rotatable bonds is 9. The molecule has 9 heteroatoms. The van der Waals surface area contributed by atoms with Gasteiger partial charge in [0.05, 0.1) is 24.8 Å². The minimum Gasteiger partial charge on any atom is -0.493 e. The minimum atomic E-state index is -3.65. The van der Waals surface area contributed by atoms with Gasteiger partial charge in [-0.05, 0) is 37.3 Å². The Morgan fingerprint density at radius 2 is 1.77 bits per heavy atom. The zero-order valence-corrected chi connectivity index (χ0v) is 18.5. The summed E-state index contributed by atoms with van der Waals surface area (Å²) in [6.45, 7) is 1.65. The topological polar surface area (TPSA) is 94.6 Å². The summed E-state index contributed by atoms with van der Waals surface area (Å²) in [6.07, 6.45) is 0.453. The fourth-order valence-electron chi connectivity index (χ4n) is 2.79. The maximum absolute atomic E-state index is 12.4. The predicted molar refractivity (Wildman–Crippen MR) is 116 cm³/mol. The van der Waals surface area contributed by atoms with Gasteiger partial charge >= 0.3 is 0 Å². The standard InChI is InChI=1S/C21H22N2O5S2/c1-14(24)15-4-7-18(8-5-15)30(25,26)22-11-10-17-13-29-21(23-17)16-6-9-19(27-2)20(12-16)28-3/h4-9,12-13,22H,10-11H2,1-3H3. The van der Waals surface area contributed by atoms with Crippen molar-refractivity contribution in [3.8, 4) is 22.1 Å². The van der Waals surface area contributed by atoms with Gasteiger partial charge in [0, 0.05) is 29.5 Å². The van der Waals surface area contributed by atoms with Crippen molar-refractivity contribution in [1.82, 2.24) is 9.71 Å². The molecule has 0 bridgehead atoms. The van der Waals surface area contributed by atoms with Crippen LogP contribution in [0.3, 0.4) is 0 Å². The lowest BCUT2D eigenvalue weighted by molar-refractivity contribution is 0.101. The fourth-order valence-corrected chi connectivity index (χ4v) is 4.67. The van der Waals surface area contributed by atoms with Crippen LogP contribution in [0, 0.1) is 0 Å². The molecule has 0 fully saturated rings. The molecule has 0 spiro atoms. The molecule has 0 atom stereocenters. The number of benzene rings is 2. The number of Topliss-reactive ketones (excluding diaryl/α,β-unsaturated/α-hetero) is 1. The highest BCUT2D eigenvalue weighted by molar-refractivity contribution is 7.89. The molecule has 3 rings (SSSR count). The van der Waals surface area contributed by atoms with E-state index in [9.17, 15) is 13.2 Å². The van der Waals surface area contributed by atoms with Crippen molar-refractivity contribution in [2.75, 3.05) is 20.8 Å². The Morgan fingerprint density at radius 3 is 2.40 bits per heavy atom. The summed E-state index contributed by atoms with van der Waals surface area (Å²) in [4.78, 5) is 16.0. The number of nitrogens with one attached hydrogen (secondary N) is 1. The van der Waals surface area contributed by atoms with Gasteiger partial charge < -0.3 is 9.47 Å². The summed E-state index contributed by atoms with van der Waals surface area (Å²) in [7, 11) is -0.492. The molecule has 0 saturated heterocycles. The molecule has 0 aliphatic rings. The van der Waals surface area contributed by atoms with Gasteiger partial charge in [0.2, 0.25) is 10.0 Å². The van der Waals surface area contributed by atoms with Crippen LogP contribution in [0.1, 0.15) is 23.0 Å². The maximum atomic E-state index is 12.4. The third-order valence-corrected chi connectivity index (χ3v) is 6.84. The number of aromatic nitrogens is 1. The number of hydrogen-bond acceptors (Lipinski definition) is 7. The van der Waals surface area contributed by atoms with Crippen molar-refractivity contribution >= 4 is 27.1 Å². The Labute approximate surface area is 179 Å². The molecular formula is C21H22N2O5S2. The SMILES string of the molecule is COc1ccc(-c2nc(CCNS(=O)(=O)c3ccc(C(C)=O)cc3)cs2)cc1OC. The van der Waals surface area contributed by atoms with Crippen LogP contribution < -0.4 is 14.2 Å². The van der Waals surface area contributed by atoms with Gasteiger partial charge in [-0.3, -0.25) is 4.79 Å². The van der Waals surface area contributed by atoms with Crippen molar-refractivity contribution in [2.45, 2.75) is 18.2 Å². The van der Waals surface area contributed by atoms with Crippen molar-refractivity contribution in [3.05, 3.63) is 59.1 Å². The summed E-state index contributed by atoms with van der Waals surface area (Å²) < 4.78 is 38.0. The second-order valence-electron chi connectivity index (χ2n) is 6.44. The minimum absolute atomic E-state index is 0.110. The van der Waals surface area contributed by atoms with E-state index in [1.165, 1.54) is 42.5 Å². The van der Waals surface area contributed by atoms with Crippen LogP contribution in [0.25, 0.3) is 10.6 Å². The Morgan fingerprint density at radius 1 is 1.07 bits per heavy atom. The zero-order chi connectivity index (χ0) is 21.7. The highest BCUT2D eigenvalue weighted by Crippen LogP contribution is 2.33. The molecule has 0 aliphatic carbocycles. The van der Waals surface area contributed by atoms with Gasteiger partial charge in [0.1, 0.15) is 5.01 Å². The first-order valence-electron chi connectivity index (χ1n) is 9.11. The molecule has 0 radical (unpaired) electrons. The number of nitrogens with zero attached hydrogens (tertiary/aromatic N) is 1. The summed E-state index contributed by atoms with van der Waals surface area (Å²) in [5.41, 5.74) is 2.16. The van der Waals surface area contributed by atoms with Crippen LogP contribution in [0.2, 0.25) is 0 Å². The predicted octanol–water partition coefficient (Wildman–Crippen LogP) is 3.55. The van der Waals surface area contributed by atoms with Gasteiger partial charge in [0.15, 0.2) is 17.3 Å². The number of methoxy groups -OCH3 is 2.